The molecule has 0 amide bonds. The lowest BCUT2D eigenvalue weighted by Crippen LogP contribution is -2.52. The molecule has 0 spiro atoms. The largest absolute Gasteiger partial charge is 0.394 e. The molecule has 202 valence electrons. The molecule has 0 aromatic heterocycles. The van der Waals surface area contributed by atoms with Gasteiger partial charge in [-0.15, -0.1) is 0 Å². The first-order valence-electron chi connectivity index (χ1n) is 13.4. The zero-order valence-corrected chi connectivity index (χ0v) is 22.0. The Morgan fingerprint density at radius 3 is 1.56 bits per heavy atom. The molecule has 6 nitrogen and oxygen atoms in total. The van der Waals surface area contributed by atoms with Gasteiger partial charge in [-0.3, -0.25) is 0 Å². The van der Waals surface area contributed by atoms with Crippen molar-refractivity contribution < 1.29 is 30.6 Å². The highest BCUT2D eigenvalue weighted by Gasteiger charge is 2.39. The maximum absolute atomic E-state index is 11.3. The summed E-state index contributed by atoms with van der Waals surface area (Å²) in [5.41, 5.74) is 4.91. The Balaban J connectivity index is 2.29. The van der Waals surface area contributed by atoms with Gasteiger partial charge in [-0.05, 0) is 66.2 Å². The standard InChI is InChI=1S/C30H46O6/c1-4-10-21-12-6-7-14-23(21)17-16-20(3)25(18-24-15-9-8-13-22(24)11-5-2)27(33)29(35)30(36)28(34)26(32)19-31/h6-9,12-15,20,25-36H,4-5,10-11,16-19H2,1-3H3/t20?,25?,26-,27?,28+,29+,30-/m0/s1. The van der Waals surface area contributed by atoms with Crippen molar-refractivity contribution in [3.8, 4) is 0 Å². The van der Waals surface area contributed by atoms with Crippen LogP contribution in [-0.2, 0) is 25.7 Å². The first-order valence-corrected chi connectivity index (χ1v) is 13.4. The summed E-state index contributed by atoms with van der Waals surface area (Å²) in [5, 5.41) is 61.5. The highest BCUT2D eigenvalue weighted by Crippen LogP contribution is 2.30. The molecule has 36 heavy (non-hydrogen) atoms. The van der Waals surface area contributed by atoms with Crippen LogP contribution in [0, 0.1) is 11.8 Å². The third-order valence-electron chi connectivity index (χ3n) is 7.40. The molecule has 2 aromatic rings. The van der Waals surface area contributed by atoms with Crippen molar-refractivity contribution in [3.63, 3.8) is 0 Å². The van der Waals surface area contributed by atoms with Crippen molar-refractivity contribution >= 4 is 0 Å². The third kappa shape index (κ3) is 8.37. The van der Waals surface area contributed by atoms with E-state index in [1.165, 1.54) is 16.7 Å². The minimum Gasteiger partial charge on any atom is -0.394 e. The Kier molecular flexibility index (Phi) is 13.1. The van der Waals surface area contributed by atoms with E-state index in [-0.39, 0.29) is 5.92 Å². The number of aliphatic hydroxyl groups excluding tert-OH is 6. The van der Waals surface area contributed by atoms with Crippen LogP contribution in [0.15, 0.2) is 48.5 Å². The van der Waals surface area contributed by atoms with Gasteiger partial charge in [0.25, 0.3) is 0 Å². The Hall–Kier alpha value is -1.80. The molecular weight excluding hydrogens is 456 g/mol. The SMILES string of the molecule is CCCc1ccccc1CCC(C)C(Cc1ccccc1CCC)C(O)[C@@H](O)[C@@H](O)[C@H](O)[C@@H](O)CO. The van der Waals surface area contributed by atoms with E-state index >= 15 is 0 Å². The summed E-state index contributed by atoms with van der Waals surface area (Å²) in [6.45, 7) is 5.57. The number of aliphatic hydroxyl groups is 6. The monoisotopic (exact) mass is 502 g/mol. The Labute approximate surface area is 216 Å². The van der Waals surface area contributed by atoms with Crippen LogP contribution >= 0.6 is 0 Å². The average Bonchev–Trinajstić information content (AvgIpc) is 2.90. The molecule has 0 radical (unpaired) electrons. The smallest absolute Gasteiger partial charge is 0.111 e. The number of rotatable bonds is 16. The van der Waals surface area contributed by atoms with E-state index in [0.29, 0.717) is 6.42 Å². The molecule has 0 aliphatic rings. The first kappa shape index (κ1) is 30.4. The number of aryl methyl sites for hydroxylation is 3. The van der Waals surface area contributed by atoms with E-state index in [2.05, 4.69) is 45.0 Å². The van der Waals surface area contributed by atoms with Crippen LogP contribution in [0.5, 0.6) is 0 Å². The maximum Gasteiger partial charge on any atom is 0.111 e. The summed E-state index contributed by atoms with van der Waals surface area (Å²) in [7, 11) is 0. The van der Waals surface area contributed by atoms with Crippen LogP contribution in [0.1, 0.15) is 62.3 Å². The second-order valence-corrected chi connectivity index (χ2v) is 10.1. The lowest BCUT2D eigenvalue weighted by molar-refractivity contribution is -0.152. The van der Waals surface area contributed by atoms with E-state index in [0.717, 1.165) is 44.1 Å². The van der Waals surface area contributed by atoms with Gasteiger partial charge in [-0.2, -0.15) is 0 Å². The number of hydrogen-bond acceptors (Lipinski definition) is 6. The highest BCUT2D eigenvalue weighted by atomic mass is 16.4. The average molecular weight is 503 g/mol. The van der Waals surface area contributed by atoms with Gasteiger partial charge in [0.2, 0.25) is 0 Å². The van der Waals surface area contributed by atoms with Crippen LogP contribution < -0.4 is 0 Å². The fraction of sp³-hybridized carbons (Fsp3) is 0.600. The molecule has 0 aliphatic carbocycles. The van der Waals surface area contributed by atoms with Crippen molar-refractivity contribution in [1.29, 1.82) is 0 Å². The molecule has 2 rings (SSSR count). The Morgan fingerprint density at radius 2 is 1.06 bits per heavy atom. The van der Waals surface area contributed by atoms with Gasteiger partial charge in [0.1, 0.15) is 24.4 Å². The molecule has 3 unspecified atom stereocenters. The van der Waals surface area contributed by atoms with Crippen LogP contribution in [0.25, 0.3) is 0 Å². The molecular formula is C30H46O6. The number of benzene rings is 2. The summed E-state index contributed by atoms with van der Waals surface area (Å²) in [4.78, 5) is 0. The van der Waals surface area contributed by atoms with Gasteiger partial charge in [0, 0.05) is 0 Å². The second kappa shape index (κ2) is 15.5. The van der Waals surface area contributed by atoms with Crippen LogP contribution in [0.3, 0.4) is 0 Å². The van der Waals surface area contributed by atoms with E-state index < -0.39 is 43.0 Å². The molecule has 6 heteroatoms. The van der Waals surface area contributed by atoms with Crippen LogP contribution in [0.2, 0.25) is 0 Å². The van der Waals surface area contributed by atoms with Crippen molar-refractivity contribution in [2.24, 2.45) is 11.8 Å². The van der Waals surface area contributed by atoms with E-state index in [4.69, 9.17) is 5.11 Å². The van der Waals surface area contributed by atoms with E-state index in [1.54, 1.807) is 0 Å². The molecule has 0 bridgehead atoms. The summed E-state index contributed by atoms with van der Waals surface area (Å²) < 4.78 is 0. The normalized spacial score (nSPS) is 17.7. The van der Waals surface area contributed by atoms with Crippen molar-refractivity contribution in [2.45, 2.75) is 96.2 Å². The minimum atomic E-state index is -1.80. The maximum atomic E-state index is 11.3. The molecule has 0 saturated heterocycles. The van der Waals surface area contributed by atoms with Crippen molar-refractivity contribution in [2.75, 3.05) is 6.61 Å². The Morgan fingerprint density at radius 1 is 0.611 bits per heavy atom. The third-order valence-corrected chi connectivity index (χ3v) is 7.40. The fourth-order valence-electron chi connectivity index (χ4n) is 5.09. The molecule has 2 aromatic carbocycles. The summed E-state index contributed by atoms with van der Waals surface area (Å²) >= 11 is 0. The predicted octanol–water partition coefficient (Wildman–Crippen LogP) is 2.82. The topological polar surface area (TPSA) is 121 Å². The summed E-state index contributed by atoms with van der Waals surface area (Å²) in [6, 6.07) is 16.5. The van der Waals surface area contributed by atoms with Gasteiger partial charge in [0.15, 0.2) is 0 Å². The van der Waals surface area contributed by atoms with Crippen molar-refractivity contribution in [3.05, 3.63) is 70.8 Å². The Bertz CT molecular complexity index is 887. The molecule has 0 saturated carbocycles. The van der Waals surface area contributed by atoms with Crippen molar-refractivity contribution in [1.82, 2.24) is 0 Å². The lowest BCUT2D eigenvalue weighted by atomic mass is 9.76. The summed E-state index contributed by atoms with van der Waals surface area (Å²) in [5.74, 6) is -0.407. The zero-order chi connectivity index (χ0) is 26.7. The molecule has 6 N–H and O–H groups in total. The van der Waals surface area contributed by atoms with E-state index in [9.17, 15) is 25.5 Å². The molecule has 0 aliphatic heterocycles. The quantitative estimate of drug-likeness (QED) is 0.210. The van der Waals surface area contributed by atoms with Gasteiger partial charge in [-0.25, -0.2) is 0 Å². The molecule has 0 fully saturated rings. The molecule has 7 atom stereocenters. The van der Waals surface area contributed by atoms with Gasteiger partial charge in [0.05, 0.1) is 12.7 Å². The minimum absolute atomic E-state index is 0.00822. The van der Waals surface area contributed by atoms with E-state index in [1.807, 2.05) is 24.3 Å². The number of hydrogen-bond donors (Lipinski definition) is 6. The van der Waals surface area contributed by atoms with Crippen LogP contribution in [-0.4, -0.2) is 67.8 Å². The first-order chi connectivity index (χ1) is 17.2. The lowest BCUT2D eigenvalue weighted by Gasteiger charge is -2.36. The second-order valence-electron chi connectivity index (χ2n) is 10.1. The van der Waals surface area contributed by atoms with Gasteiger partial charge >= 0.3 is 0 Å². The zero-order valence-electron chi connectivity index (χ0n) is 22.0. The van der Waals surface area contributed by atoms with Crippen LogP contribution in [0.4, 0.5) is 0 Å². The fourth-order valence-corrected chi connectivity index (χ4v) is 5.09. The predicted molar refractivity (Wildman–Crippen MR) is 143 cm³/mol. The molecule has 0 heterocycles. The van der Waals surface area contributed by atoms with Gasteiger partial charge in [-0.1, -0.05) is 82.1 Å². The van der Waals surface area contributed by atoms with Gasteiger partial charge < -0.3 is 30.6 Å². The summed E-state index contributed by atoms with van der Waals surface area (Å²) in [6.07, 6.45) is -2.11. The highest BCUT2D eigenvalue weighted by molar-refractivity contribution is 5.29.